The summed E-state index contributed by atoms with van der Waals surface area (Å²) in [7, 11) is -3.41. The molecule has 7 heteroatoms. The van der Waals surface area contributed by atoms with Crippen LogP contribution < -0.4 is 14.8 Å². The van der Waals surface area contributed by atoms with Gasteiger partial charge in [-0.25, -0.2) is 8.42 Å². The average Bonchev–Trinajstić information content (AvgIpc) is 2.66. The minimum absolute atomic E-state index is 0.177. The van der Waals surface area contributed by atoms with Gasteiger partial charge in [-0.1, -0.05) is 38.1 Å². The number of amides is 1. The van der Waals surface area contributed by atoms with E-state index in [-0.39, 0.29) is 17.6 Å². The molecule has 0 radical (unpaired) electrons. The number of carbonyl (C=O) groups is 1. The Hall–Kier alpha value is -2.54. The van der Waals surface area contributed by atoms with Crippen molar-refractivity contribution in [2.24, 2.45) is 0 Å². The van der Waals surface area contributed by atoms with Crippen LogP contribution in [-0.4, -0.2) is 26.2 Å². The molecule has 0 unspecified atom stereocenters. The van der Waals surface area contributed by atoms with E-state index in [0.29, 0.717) is 17.7 Å². The van der Waals surface area contributed by atoms with E-state index in [1.165, 1.54) is 6.07 Å². The third kappa shape index (κ3) is 4.47. The second-order valence-corrected chi connectivity index (χ2v) is 8.96. The zero-order valence-corrected chi connectivity index (χ0v) is 17.2. The molecule has 2 aromatic rings. The summed E-state index contributed by atoms with van der Waals surface area (Å²) in [5, 5.41) is 3.11. The van der Waals surface area contributed by atoms with Crippen molar-refractivity contribution in [2.75, 3.05) is 11.0 Å². The summed E-state index contributed by atoms with van der Waals surface area (Å²) in [6, 6.07) is 14.1. The van der Waals surface area contributed by atoms with Gasteiger partial charge in [-0.15, -0.1) is 0 Å². The highest BCUT2D eigenvalue weighted by molar-refractivity contribution is 7.92. The van der Waals surface area contributed by atoms with Gasteiger partial charge in [0.2, 0.25) is 10.0 Å². The molecule has 0 aliphatic carbocycles. The number of anilines is 1. The number of fused-ring (bicyclic) bond motifs is 1. The van der Waals surface area contributed by atoms with Crippen LogP contribution in [0.15, 0.2) is 48.5 Å². The number of para-hydroxylation sites is 1. The second kappa shape index (κ2) is 7.83. The SMILES string of the molecule is CCC1(CC)C[C@H](NC(=O)c2cccc(NS(C)(=O)=O)c2)c2ccccc2O1. The van der Waals surface area contributed by atoms with Gasteiger partial charge in [0, 0.05) is 23.2 Å². The van der Waals surface area contributed by atoms with Gasteiger partial charge in [0.15, 0.2) is 0 Å². The van der Waals surface area contributed by atoms with E-state index in [4.69, 9.17) is 4.74 Å². The van der Waals surface area contributed by atoms with Gasteiger partial charge in [-0.3, -0.25) is 9.52 Å². The molecule has 6 nitrogen and oxygen atoms in total. The van der Waals surface area contributed by atoms with E-state index in [9.17, 15) is 13.2 Å². The van der Waals surface area contributed by atoms with Gasteiger partial charge in [0.05, 0.1) is 12.3 Å². The van der Waals surface area contributed by atoms with Gasteiger partial charge >= 0.3 is 0 Å². The van der Waals surface area contributed by atoms with Crippen LogP contribution >= 0.6 is 0 Å². The number of rotatable bonds is 6. The van der Waals surface area contributed by atoms with Gasteiger partial charge < -0.3 is 10.1 Å². The molecular weight excluding hydrogens is 376 g/mol. The first kappa shape index (κ1) is 20.2. The minimum Gasteiger partial charge on any atom is -0.487 e. The monoisotopic (exact) mass is 402 g/mol. The summed E-state index contributed by atoms with van der Waals surface area (Å²) in [4.78, 5) is 12.9. The molecule has 2 N–H and O–H groups in total. The maximum Gasteiger partial charge on any atom is 0.251 e. The Balaban J connectivity index is 1.86. The lowest BCUT2D eigenvalue weighted by Crippen LogP contribution is -2.44. The summed E-state index contributed by atoms with van der Waals surface area (Å²) >= 11 is 0. The van der Waals surface area contributed by atoms with Crippen molar-refractivity contribution >= 4 is 21.6 Å². The molecule has 0 spiro atoms. The Labute approximate surface area is 166 Å². The molecule has 150 valence electrons. The van der Waals surface area contributed by atoms with Gasteiger partial charge in [0.1, 0.15) is 11.4 Å². The zero-order chi connectivity index (χ0) is 20.4. The third-order valence-corrected chi connectivity index (χ3v) is 5.83. The predicted octanol–water partition coefficient (Wildman–Crippen LogP) is 3.87. The van der Waals surface area contributed by atoms with Crippen molar-refractivity contribution < 1.29 is 17.9 Å². The van der Waals surface area contributed by atoms with Gasteiger partial charge in [-0.2, -0.15) is 0 Å². The maximum atomic E-state index is 12.9. The highest BCUT2D eigenvalue weighted by atomic mass is 32.2. The molecule has 0 saturated heterocycles. The van der Waals surface area contributed by atoms with Gasteiger partial charge in [-0.05, 0) is 37.1 Å². The van der Waals surface area contributed by atoms with Crippen molar-refractivity contribution in [1.82, 2.24) is 5.32 Å². The normalized spacial score (nSPS) is 17.9. The Kier molecular flexibility index (Phi) is 5.65. The molecule has 1 aliphatic rings. The lowest BCUT2D eigenvalue weighted by Gasteiger charge is -2.41. The van der Waals surface area contributed by atoms with E-state index in [1.54, 1.807) is 18.2 Å². The van der Waals surface area contributed by atoms with Crippen LogP contribution in [-0.2, 0) is 10.0 Å². The predicted molar refractivity (Wildman–Crippen MR) is 110 cm³/mol. The quantitative estimate of drug-likeness (QED) is 0.768. The lowest BCUT2D eigenvalue weighted by atomic mass is 9.83. The Morgan fingerprint density at radius 1 is 1.14 bits per heavy atom. The number of ether oxygens (including phenoxy) is 1. The number of hydrogen-bond donors (Lipinski definition) is 2. The number of hydrogen-bond acceptors (Lipinski definition) is 4. The summed E-state index contributed by atoms with van der Waals surface area (Å²) in [5.74, 6) is 0.551. The second-order valence-electron chi connectivity index (χ2n) is 7.22. The highest BCUT2D eigenvalue weighted by Crippen LogP contribution is 2.42. The van der Waals surface area contributed by atoms with E-state index in [1.807, 2.05) is 24.3 Å². The first-order valence-corrected chi connectivity index (χ1v) is 11.3. The Bertz CT molecular complexity index is 968. The molecule has 1 heterocycles. The standard InChI is InChI=1S/C21H26N2O4S/c1-4-21(5-2)14-18(17-11-6-7-12-19(17)27-21)22-20(24)15-9-8-10-16(13-15)23-28(3,25)26/h6-13,18,23H,4-5,14H2,1-3H3,(H,22,24)/t18-/m0/s1. The fourth-order valence-corrected chi connectivity index (χ4v) is 4.16. The fraction of sp³-hybridized carbons (Fsp3) is 0.381. The third-order valence-electron chi connectivity index (χ3n) is 5.22. The largest absolute Gasteiger partial charge is 0.487 e. The first-order chi connectivity index (χ1) is 13.3. The summed E-state index contributed by atoms with van der Waals surface area (Å²) in [5.41, 5.74) is 1.40. The maximum absolute atomic E-state index is 12.9. The van der Waals surface area contributed by atoms with Crippen LogP contribution in [0.4, 0.5) is 5.69 Å². The van der Waals surface area contributed by atoms with Crippen LogP contribution in [0.5, 0.6) is 5.75 Å². The Morgan fingerprint density at radius 2 is 1.86 bits per heavy atom. The molecule has 0 fully saturated rings. The Morgan fingerprint density at radius 3 is 2.54 bits per heavy atom. The van der Waals surface area contributed by atoms with E-state index < -0.39 is 10.0 Å². The van der Waals surface area contributed by atoms with E-state index in [2.05, 4.69) is 23.9 Å². The highest BCUT2D eigenvalue weighted by Gasteiger charge is 2.39. The number of carbonyl (C=O) groups excluding carboxylic acids is 1. The molecule has 1 aliphatic heterocycles. The summed E-state index contributed by atoms with van der Waals surface area (Å²) in [6.45, 7) is 4.19. The molecule has 2 aromatic carbocycles. The molecule has 1 amide bonds. The average molecular weight is 403 g/mol. The summed E-state index contributed by atoms with van der Waals surface area (Å²) < 4.78 is 31.6. The topological polar surface area (TPSA) is 84.5 Å². The molecule has 0 aromatic heterocycles. The van der Waals surface area contributed by atoms with Gasteiger partial charge in [0.25, 0.3) is 5.91 Å². The van der Waals surface area contributed by atoms with Crippen LogP contribution in [0, 0.1) is 0 Å². The fourth-order valence-electron chi connectivity index (χ4n) is 3.61. The van der Waals surface area contributed by atoms with Crippen LogP contribution in [0.3, 0.4) is 0 Å². The zero-order valence-electron chi connectivity index (χ0n) is 16.4. The van der Waals surface area contributed by atoms with Crippen LogP contribution in [0.25, 0.3) is 0 Å². The molecular formula is C21H26N2O4S. The summed E-state index contributed by atoms with van der Waals surface area (Å²) in [6.07, 6.45) is 3.45. The van der Waals surface area contributed by atoms with Crippen LogP contribution in [0.1, 0.15) is 55.1 Å². The number of benzene rings is 2. The van der Waals surface area contributed by atoms with Crippen molar-refractivity contribution in [2.45, 2.75) is 44.8 Å². The van der Waals surface area contributed by atoms with Crippen molar-refractivity contribution in [3.8, 4) is 5.75 Å². The van der Waals surface area contributed by atoms with Crippen LogP contribution in [0.2, 0.25) is 0 Å². The smallest absolute Gasteiger partial charge is 0.251 e. The minimum atomic E-state index is -3.41. The number of sulfonamides is 1. The van der Waals surface area contributed by atoms with Crippen molar-refractivity contribution in [3.05, 3.63) is 59.7 Å². The number of nitrogens with one attached hydrogen (secondary N) is 2. The molecule has 28 heavy (non-hydrogen) atoms. The molecule has 0 bridgehead atoms. The first-order valence-electron chi connectivity index (χ1n) is 9.42. The lowest BCUT2D eigenvalue weighted by molar-refractivity contribution is 0.0227. The molecule has 3 rings (SSSR count). The van der Waals surface area contributed by atoms with E-state index in [0.717, 1.165) is 30.4 Å². The van der Waals surface area contributed by atoms with Crippen molar-refractivity contribution in [1.29, 1.82) is 0 Å². The van der Waals surface area contributed by atoms with Crippen molar-refractivity contribution in [3.63, 3.8) is 0 Å². The molecule has 1 atom stereocenters. The van der Waals surface area contributed by atoms with E-state index >= 15 is 0 Å². The molecule has 0 saturated carbocycles.